The van der Waals surface area contributed by atoms with Crippen molar-refractivity contribution >= 4 is 22.4 Å². The van der Waals surface area contributed by atoms with Gasteiger partial charge in [0, 0.05) is 47.9 Å². The molecule has 2 N–H and O–H groups in total. The van der Waals surface area contributed by atoms with Crippen molar-refractivity contribution in [3.05, 3.63) is 58.9 Å². The van der Waals surface area contributed by atoms with Crippen LogP contribution in [0, 0.1) is 23.7 Å². The van der Waals surface area contributed by atoms with Gasteiger partial charge in [0.2, 0.25) is 5.95 Å². The lowest BCUT2D eigenvalue weighted by Gasteiger charge is -2.32. The number of fused-ring (bicyclic) bond motifs is 2. The van der Waals surface area contributed by atoms with Crippen LogP contribution in [0.4, 0.5) is 11.6 Å². The fourth-order valence-electron chi connectivity index (χ4n) is 7.06. The molecule has 1 aromatic heterocycles. The molecule has 0 amide bonds. The fourth-order valence-corrected chi connectivity index (χ4v) is 7.06. The van der Waals surface area contributed by atoms with Gasteiger partial charge in [-0.05, 0) is 101 Å². The van der Waals surface area contributed by atoms with E-state index < -0.39 is 0 Å². The number of hydrogen-bond acceptors (Lipinski definition) is 7. The van der Waals surface area contributed by atoms with Crippen LogP contribution in [0.5, 0.6) is 0 Å². The minimum Gasteiger partial charge on any atom is -0.365 e. The predicted octanol–water partition coefficient (Wildman–Crippen LogP) is 6.00. The van der Waals surface area contributed by atoms with Crippen molar-refractivity contribution in [3.8, 4) is 6.07 Å². The summed E-state index contributed by atoms with van der Waals surface area (Å²) in [4.78, 5) is 15.5. The molecule has 42 heavy (non-hydrogen) atoms. The van der Waals surface area contributed by atoms with Gasteiger partial charge in [-0.1, -0.05) is 37.3 Å². The normalized spacial score (nSPS) is 18.5. The summed E-state index contributed by atoms with van der Waals surface area (Å²) < 4.78 is 0. The highest BCUT2D eigenvalue weighted by atomic mass is 15.2. The quantitative estimate of drug-likeness (QED) is 0.263. The van der Waals surface area contributed by atoms with E-state index in [1.165, 1.54) is 78.6 Å². The first-order valence-corrected chi connectivity index (χ1v) is 16.3. The van der Waals surface area contributed by atoms with Crippen LogP contribution in [0.1, 0.15) is 74.4 Å². The summed E-state index contributed by atoms with van der Waals surface area (Å²) in [6, 6.07) is 15.8. The van der Waals surface area contributed by atoms with Crippen molar-refractivity contribution in [2.75, 3.05) is 49.5 Å². The predicted molar refractivity (Wildman–Crippen MR) is 172 cm³/mol. The number of rotatable bonds is 13. The molecule has 0 bridgehead atoms. The number of hydrogen-bond donors (Lipinski definition) is 2. The highest BCUT2D eigenvalue weighted by molar-refractivity contribution is 5.97. The zero-order valence-corrected chi connectivity index (χ0v) is 25.6. The summed E-state index contributed by atoms with van der Waals surface area (Å²) in [5, 5.41) is 19.4. The smallest absolute Gasteiger partial charge is 0.223 e. The van der Waals surface area contributed by atoms with Gasteiger partial charge in [-0.15, -0.1) is 0 Å². The van der Waals surface area contributed by atoms with E-state index >= 15 is 0 Å². The third-order valence-electron chi connectivity index (χ3n) is 9.67. The van der Waals surface area contributed by atoms with E-state index in [1.54, 1.807) is 0 Å². The Bertz CT molecular complexity index is 1410. The largest absolute Gasteiger partial charge is 0.365 e. The van der Waals surface area contributed by atoms with E-state index in [2.05, 4.69) is 76.7 Å². The van der Waals surface area contributed by atoms with E-state index in [9.17, 15) is 5.26 Å². The molecule has 2 aromatic carbocycles. The summed E-state index contributed by atoms with van der Waals surface area (Å²) in [7, 11) is 0. The summed E-state index contributed by atoms with van der Waals surface area (Å²) >= 11 is 0. The molecular weight excluding hydrogens is 518 g/mol. The number of nitrogens with zero attached hydrogens (tertiary/aromatic N) is 5. The first-order valence-electron chi connectivity index (χ1n) is 16.3. The summed E-state index contributed by atoms with van der Waals surface area (Å²) in [6.07, 6.45) is 9.60. The summed E-state index contributed by atoms with van der Waals surface area (Å²) in [6.45, 7) is 11.7. The Labute approximate surface area is 251 Å². The fraction of sp³-hybridized carbons (Fsp3) is 0.571. The van der Waals surface area contributed by atoms with Gasteiger partial charge in [-0.25, -0.2) is 9.97 Å². The number of aryl methyl sites for hydroxylation is 2. The molecule has 0 radical (unpaired) electrons. The maximum absolute atomic E-state index is 9.42. The molecule has 2 aliphatic heterocycles. The van der Waals surface area contributed by atoms with Gasteiger partial charge in [0.25, 0.3) is 0 Å². The number of aromatic nitrogens is 2. The Kier molecular flexibility index (Phi) is 8.92. The molecule has 2 fully saturated rings. The average Bonchev–Trinajstić information content (AvgIpc) is 3.58. The molecule has 0 unspecified atom stereocenters. The van der Waals surface area contributed by atoms with Crippen LogP contribution in [0.2, 0.25) is 0 Å². The first kappa shape index (κ1) is 28.9. The Hall–Kier alpha value is -3.21. The van der Waals surface area contributed by atoms with E-state index in [-0.39, 0.29) is 6.04 Å². The second kappa shape index (κ2) is 13.0. The number of anilines is 2. The van der Waals surface area contributed by atoms with Crippen LogP contribution in [-0.2, 0) is 19.4 Å². The second-order valence-electron chi connectivity index (χ2n) is 12.9. The minimum absolute atomic E-state index is 0.200. The van der Waals surface area contributed by atoms with Crippen LogP contribution >= 0.6 is 0 Å². The topological polar surface area (TPSA) is 80.1 Å². The Morgan fingerprint density at radius 1 is 1.07 bits per heavy atom. The number of nitriles is 1. The van der Waals surface area contributed by atoms with Gasteiger partial charge in [-0.2, -0.15) is 5.26 Å². The Balaban J connectivity index is 1.25. The highest BCUT2D eigenvalue weighted by Crippen LogP contribution is 2.46. The maximum atomic E-state index is 9.42. The van der Waals surface area contributed by atoms with Crippen LogP contribution in [0.3, 0.4) is 0 Å². The molecule has 1 atom stereocenters. The molecule has 1 saturated heterocycles. The van der Waals surface area contributed by atoms with Crippen molar-refractivity contribution in [1.82, 2.24) is 20.2 Å². The number of nitrogens with one attached hydrogen (secondary N) is 2. The molecular formula is C35H47N7. The van der Waals surface area contributed by atoms with E-state index in [4.69, 9.17) is 9.97 Å². The maximum Gasteiger partial charge on any atom is 0.223 e. The molecule has 3 heterocycles. The van der Waals surface area contributed by atoms with Gasteiger partial charge in [0.15, 0.2) is 0 Å². The molecule has 3 aliphatic rings. The van der Waals surface area contributed by atoms with Crippen molar-refractivity contribution in [2.24, 2.45) is 5.41 Å². The van der Waals surface area contributed by atoms with E-state index in [0.717, 1.165) is 63.5 Å². The second-order valence-corrected chi connectivity index (χ2v) is 12.9. The molecule has 1 aliphatic carbocycles. The first-order chi connectivity index (χ1) is 20.6. The molecule has 7 heteroatoms. The molecule has 0 spiro atoms. The van der Waals surface area contributed by atoms with Crippen LogP contribution in [0.15, 0.2) is 36.4 Å². The molecule has 1 saturated carbocycles. The van der Waals surface area contributed by atoms with Gasteiger partial charge in [0.1, 0.15) is 0 Å². The Morgan fingerprint density at radius 2 is 1.88 bits per heavy atom. The lowest BCUT2D eigenvalue weighted by Crippen LogP contribution is -2.34. The van der Waals surface area contributed by atoms with Gasteiger partial charge in [0.05, 0.1) is 24.7 Å². The highest BCUT2D eigenvalue weighted by Gasteiger charge is 2.44. The van der Waals surface area contributed by atoms with Crippen molar-refractivity contribution in [3.63, 3.8) is 0 Å². The summed E-state index contributed by atoms with van der Waals surface area (Å²) in [5.41, 5.74) is 6.63. The number of likely N-dealkylation sites (tertiary alicyclic amines) is 1. The zero-order chi connectivity index (χ0) is 28.9. The lowest BCUT2D eigenvalue weighted by atomic mass is 9.96. The van der Waals surface area contributed by atoms with Gasteiger partial charge < -0.3 is 20.4 Å². The summed E-state index contributed by atoms with van der Waals surface area (Å²) in [5.74, 6) is 0.783. The molecule has 6 rings (SSSR count). The Morgan fingerprint density at radius 3 is 2.64 bits per heavy atom. The SMILES string of the molecule is CCCN[C@@H](CC#N)CCc1nc(NCC2(CN3CCCC3)CC2)nc2c1CCN(c1cccc3cccc(C)c13)C2. The van der Waals surface area contributed by atoms with Crippen molar-refractivity contribution in [2.45, 2.75) is 84.2 Å². The third-order valence-corrected chi connectivity index (χ3v) is 9.67. The van der Waals surface area contributed by atoms with Crippen LogP contribution < -0.4 is 15.5 Å². The average molecular weight is 566 g/mol. The van der Waals surface area contributed by atoms with Crippen LogP contribution in [-0.4, -0.2) is 60.2 Å². The number of benzene rings is 2. The van der Waals surface area contributed by atoms with Gasteiger partial charge in [-0.3, -0.25) is 0 Å². The standard InChI is InChI=1S/C35H47N7/c1-3-19-37-28(14-18-36)12-13-30-29-15-22-42(32-11-7-10-27-9-6-8-26(2)33(27)32)23-31(29)40-34(39-30)38-24-35(16-17-35)25-41-20-4-5-21-41/h6-11,28,37H,3-5,12-17,19-25H2,1-2H3,(H,38,39,40)/t28-/m1/s1. The molecule has 222 valence electrons. The van der Waals surface area contributed by atoms with E-state index in [0.29, 0.717) is 11.8 Å². The van der Waals surface area contributed by atoms with Gasteiger partial charge >= 0.3 is 0 Å². The lowest BCUT2D eigenvalue weighted by molar-refractivity contribution is 0.271. The zero-order valence-electron chi connectivity index (χ0n) is 25.6. The monoisotopic (exact) mass is 565 g/mol. The van der Waals surface area contributed by atoms with Crippen molar-refractivity contribution < 1.29 is 0 Å². The van der Waals surface area contributed by atoms with Crippen LogP contribution in [0.25, 0.3) is 10.8 Å². The molecule has 7 nitrogen and oxygen atoms in total. The van der Waals surface area contributed by atoms with E-state index in [1.807, 2.05) is 0 Å². The van der Waals surface area contributed by atoms with Crippen molar-refractivity contribution in [1.29, 1.82) is 5.26 Å². The molecule has 3 aromatic rings. The minimum atomic E-state index is 0.200. The third kappa shape index (κ3) is 6.55.